The van der Waals surface area contributed by atoms with E-state index in [1.807, 2.05) is 0 Å². The van der Waals surface area contributed by atoms with Crippen molar-refractivity contribution in [3.63, 3.8) is 0 Å². The molecule has 0 saturated carbocycles. The van der Waals surface area contributed by atoms with Crippen molar-refractivity contribution in [2.24, 2.45) is 5.92 Å². The number of likely N-dealkylation sites (tertiary alicyclic amines) is 1. The molecular weight excluding hydrogens is 214 g/mol. The lowest BCUT2D eigenvalue weighted by atomic mass is 10.1. The molecule has 0 amide bonds. The maximum Gasteiger partial charge on any atom is 0.0594 e. The van der Waals surface area contributed by atoms with Gasteiger partial charge in [-0.2, -0.15) is 0 Å². The van der Waals surface area contributed by atoms with Crippen LogP contribution in [0, 0.1) is 5.92 Å². The van der Waals surface area contributed by atoms with Crippen molar-refractivity contribution in [2.75, 3.05) is 52.5 Å². The van der Waals surface area contributed by atoms with E-state index in [2.05, 4.69) is 22.0 Å². The maximum absolute atomic E-state index is 5.44. The second-order valence-corrected chi connectivity index (χ2v) is 5.79. The van der Waals surface area contributed by atoms with Crippen LogP contribution in [0.4, 0.5) is 0 Å². The number of nitrogens with zero attached hydrogens (tertiary/aromatic N) is 2. The third-order valence-corrected chi connectivity index (χ3v) is 4.70. The molecule has 0 bridgehead atoms. The van der Waals surface area contributed by atoms with Gasteiger partial charge in [-0.3, -0.25) is 9.80 Å². The predicted molar refractivity (Wildman–Crippen MR) is 68.2 cm³/mol. The summed E-state index contributed by atoms with van der Waals surface area (Å²) in [7, 11) is 0. The summed E-state index contributed by atoms with van der Waals surface area (Å²) >= 11 is 0. The Labute approximate surface area is 104 Å². The molecule has 4 heteroatoms. The molecule has 0 aliphatic carbocycles. The minimum absolute atomic E-state index is 0.779. The molecule has 0 aromatic carbocycles. The Kier molecular flexibility index (Phi) is 3.66. The zero-order valence-corrected chi connectivity index (χ0v) is 10.9. The second-order valence-electron chi connectivity index (χ2n) is 5.79. The maximum atomic E-state index is 5.44. The molecule has 3 rings (SSSR count). The first kappa shape index (κ1) is 11.9. The van der Waals surface area contributed by atoms with Gasteiger partial charge in [0.15, 0.2) is 0 Å². The van der Waals surface area contributed by atoms with Gasteiger partial charge in [0.1, 0.15) is 0 Å². The van der Waals surface area contributed by atoms with E-state index < -0.39 is 0 Å². The Bertz CT molecular complexity index is 255. The van der Waals surface area contributed by atoms with Gasteiger partial charge in [0.2, 0.25) is 0 Å². The van der Waals surface area contributed by atoms with E-state index in [1.165, 1.54) is 32.6 Å². The van der Waals surface area contributed by atoms with Crippen molar-refractivity contribution in [2.45, 2.75) is 25.4 Å². The number of hydrogen-bond acceptors (Lipinski definition) is 4. The second kappa shape index (κ2) is 5.22. The first-order valence-electron chi connectivity index (χ1n) is 7.11. The highest BCUT2D eigenvalue weighted by molar-refractivity contribution is 4.93. The predicted octanol–water partition coefficient (Wildman–Crippen LogP) is 0.000800. The fourth-order valence-corrected chi connectivity index (χ4v) is 3.60. The van der Waals surface area contributed by atoms with E-state index in [4.69, 9.17) is 4.74 Å². The SMILES string of the molecule is CC1CNCC1N1CCC(N2CCOCC2)C1. The van der Waals surface area contributed by atoms with Gasteiger partial charge >= 0.3 is 0 Å². The molecule has 0 aromatic heterocycles. The molecule has 3 atom stereocenters. The standard InChI is InChI=1S/C13H25N3O/c1-11-8-14-9-13(11)16-3-2-12(10-16)15-4-6-17-7-5-15/h11-14H,2-10H2,1H3. The number of rotatable bonds is 2. The summed E-state index contributed by atoms with van der Waals surface area (Å²) < 4.78 is 5.44. The fourth-order valence-electron chi connectivity index (χ4n) is 3.60. The smallest absolute Gasteiger partial charge is 0.0594 e. The first-order valence-corrected chi connectivity index (χ1v) is 7.11. The van der Waals surface area contributed by atoms with Crippen LogP contribution >= 0.6 is 0 Å². The lowest BCUT2D eigenvalue weighted by molar-refractivity contribution is 0.0174. The zero-order valence-electron chi connectivity index (χ0n) is 10.9. The van der Waals surface area contributed by atoms with Crippen LogP contribution in [0.15, 0.2) is 0 Å². The fraction of sp³-hybridized carbons (Fsp3) is 1.00. The van der Waals surface area contributed by atoms with Crippen LogP contribution in [0.5, 0.6) is 0 Å². The van der Waals surface area contributed by atoms with Crippen LogP contribution in [0.25, 0.3) is 0 Å². The molecule has 4 nitrogen and oxygen atoms in total. The van der Waals surface area contributed by atoms with Crippen molar-refractivity contribution in [1.82, 2.24) is 15.1 Å². The molecule has 0 aromatic rings. The molecule has 3 saturated heterocycles. The molecular formula is C13H25N3O. The molecule has 3 unspecified atom stereocenters. The van der Waals surface area contributed by atoms with Gasteiger partial charge in [-0.05, 0) is 18.9 Å². The van der Waals surface area contributed by atoms with Crippen molar-refractivity contribution in [3.05, 3.63) is 0 Å². The molecule has 0 radical (unpaired) electrons. The van der Waals surface area contributed by atoms with E-state index in [-0.39, 0.29) is 0 Å². The van der Waals surface area contributed by atoms with Gasteiger partial charge in [-0.15, -0.1) is 0 Å². The third kappa shape index (κ3) is 2.50. The van der Waals surface area contributed by atoms with E-state index in [0.29, 0.717) is 0 Å². The van der Waals surface area contributed by atoms with E-state index in [9.17, 15) is 0 Å². The van der Waals surface area contributed by atoms with Crippen LogP contribution < -0.4 is 5.32 Å². The highest BCUT2D eigenvalue weighted by atomic mass is 16.5. The van der Waals surface area contributed by atoms with E-state index >= 15 is 0 Å². The van der Waals surface area contributed by atoms with Crippen LogP contribution in [-0.4, -0.2) is 74.4 Å². The molecule has 3 fully saturated rings. The number of hydrogen-bond donors (Lipinski definition) is 1. The summed E-state index contributed by atoms with van der Waals surface area (Å²) in [5.74, 6) is 0.818. The van der Waals surface area contributed by atoms with Crippen LogP contribution in [-0.2, 0) is 4.74 Å². The molecule has 3 heterocycles. The summed E-state index contributed by atoms with van der Waals surface area (Å²) in [4.78, 5) is 5.35. The molecule has 98 valence electrons. The van der Waals surface area contributed by atoms with Gasteiger partial charge in [-0.25, -0.2) is 0 Å². The average Bonchev–Trinajstić information content (AvgIpc) is 2.98. The molecule has 1 N–H and O–H groups in total. The first-order chi connectivity index (χ1) is 8.34. The largest absolute Gasteiger partial charge is 0.379 e. The Morgan fingerprint density at radius 3 is 2.59 bits per heavy atom. The number of ether oxygens (including phenoxy) is 1. The lowest BCUT2D eigenvalue weighted by Gasteiger charge is -2.33. The van der Waals surface area contributed by atoms with Gasteiger partial charge < -0.3 is 10.1 Å². The Hall–Kier alpha value is -0.160. The normalized spacial score (nSPS) is 41.1. The van der Waals surface area contributed by atoms with Crippen molar-refractivity contribution < 1.29 is 4.74 Å². The van der Waals surface area contributed by atoms with Gasteiger partial charge in [0.25, 0.3) is 0 Å². The highest BCUT2D eigenvalue weighted by Crippen LogP contribution is 2.23. The Morgan fingerprint density at radius 2 is 1.88 bits per heavy atom. The van der Waals surface area contributed by atoms with Gasteiger partial charge in [0.05, 0.1) is 13.2 Å². The third-order valence-electron chi connectivity index (χ3n) is 4.70. The summed E-state index contributed by atoms with van der Waals surface area (Å²) in [5.41, 5.74) is 0. The van der Waals surface area contributed by atoms with Crippen LogP contribution in [0.3, 0.4) is 0 Å². The molecule has 3 aliphatic rings. The highest BCUT2D eigenvalue weighted by Gasteiger charge is 2.35. The monoisotopic (exact) mass is 239 g/mol. The van der Waals surface area contributed by atoms with Crippen molar-refractivity contribution in [3.8, 4) is 0 Å². The number of nitrogens with one attached hydrogen (secondary N) is 1. The topological polar surface area (TPSA) is 27.7 Å². The molecule has 3 aliphatic heterocycles. The number of morpholine rings is 1. The van der Waals surface area contributed by atoms with Gasteiger partial charge in [0, 0.05) is 44.8 Å². The zero-order chi connectivity index (χ0) is 11.7. The van der Waals surface area contributed by atoms with Crippen LogP contribution in [0.2, 0.25) is 0 Å². The van der Waals surface area contributed by atoms with Crippen molar-refractivity contribution in [1.29, 1.82) is 0 Å². The minimum atomic E-state index is 0.779. The lowest BCUT2D eigenvalue weighted by Crippen LogP contribution is -2.46. The van der Waals surface area contributed by atoms with Crippen LogP contribution in [0.1, 0.15) is 13.3 Å². The molecule has 17 heavy (non-hydrogen) atoms. The summed E-state index contributed by atoms with van der Waals surface area (Å²) in [6, 6.07) is 1.56. The average molecular weight is 239 g/mol. The van der Waals surface area contributed by atoms with Gasteiger partial charge in [-0.1, -0.05) is 6.92 Å². The van der Waals surface area contributed by atoms with Crippen molar-refractivity contribution >= 4 is 0 Å². The van der Waals surface area contributed by atoms with E-state index in [1.54, 1.807) is 0 Å². The quantitative estimate of drug-likeness (QED) is 0.734. The Balaban J connectivity index is 1.54. The molecule has 0 spiro atoms. The summed E-state index contributed by atoms with van der Waals surface area (Å²) in [6.07, 6.45) is 1.35. The summed E-state index contributed by atoms with van der Waals surface area (Å²) in [5, 5.41) is 3.52. The Morgan fingerprint density at radius 1 is 1.06 bits per heavy atom. The van der Waals surface area contributed by atoms with E-state index in [0.717, 1.165) is 44.3 Å². The summed E-state index contributed by atoms with van der Waals surface area (Å²) in [6.45, 7) is 11.5. The minimum Gasteiger partial charge on any atom is -0.379 e.